The lowest BCUT2D eigenvalue weighted by Crippen LogP contribution is -2.22. The summed E-state index contributed by atoms with van der Waals surface area (Å²) < 4.78 is 12.5. The number of nitrogens with two attached hydrogens (primary N) is 1. The first-order valence-corrected chi connectivity index (χ1v) is 6.79. The van der Waals surface area contributed by atoms with E-state index < -0.39 is 0 Å². The van der Waals surface area contributed by atoms with Crippen molar-refractivity contribution >= 4 is 5.69 Å². The second-order valence-electron chi connectivity index (χ2n) is 4.76. The van der Waals surface area contributed by atoms with Crippen LogP contribution in [0.4, 0.5) is 5.69 Å². The van der Waals surface area contributed by atoms with Crippen molar-refractivity contribution in [3.05, 3.63) is 35.5 Å². The zero-order chi connectivity index (χ0) is 15.4. The average molecular weight is 290 g/mol. The van der Waals surface area contributed by atoms with Crippen LogP contribution in [0.5, 0.6) is 11.6 Å². The van der Waals surface area contributed by atoms with Gasteiger partial charge in [-0.25, -0.2) is 4.68 Å². The molecule has 0 aliphatic rings. The van der Waals surface area contributed by atoms with Crippen molar-refractivity contribution in [1.82, 2.24) is 9.78 Å². The molecule has 0 amide bonds. The fraction of sp³-hybridized carbons (Fsp3) is 0.400. The maximum atomic E-state index is 5.95. The highest BCUT2D eigenvalue weighted by Crippen LogP contribution is 2.32. The minimum absolute atomic E-state index is 0.107. The van der Waals surface area contributed by atoms with Crippen LogP contribution >= 0.6 is 0 Å². The topological polar surface area (TPSA) is 74.3 Å². The summed E-state index contributed by atoms with van der Waals surface area (Å²) in [5.41, 5.74) is 8.70. The van der Waals surface area contributed by atoms with Crippen LogP contribution in [0, 0.1) is 6.92 Å². The van der Waals surface area contributed by atoms with Crippen molar-refractivity contribution < 1.29 is 9.47 Å². The lowest BCUT2D eigenvalue weighted by Gasteiger charge is -2.20. The molecular formula is C15H22N4O2. The van der Waals surface area contributed by atoms with Gasteiger partial charge in [-0.2, -0.15) is 5.10 Å². The zero-order valence-electron chi connectivity index (χ0n) is 12.9. The molecule has 0 saturated carbocycles. The van der Waals surface area contributed by atoms with Gasteiger partial charge < -0.3 is 20.5 Å². The van der Waals surface area contributed by atoms with Gasteiger partial charge in [-0.3, -0.25) is 0 Å². The summed E-state index contributed by atoms with van der Waals surface area (Å²) in [6.07, 6.45) is 0. The molecule has 0 spiro atoms. The Morgan fingerprint density at radius 3 is 2.62 bits per heavy atom. The second kappa shape index (κ2) is 6.49. The van der Waals surface area contributed by atoms with Gasteiger partial charge in [-0.05, 0) is 19.1 Å². The van der Waals surface area contributed by atoms with Crippen LogP contribution in [0.25, 0.3) is 0 Å². The fourth-order valence-electron chi connectivity index (χ4n) is 2.50. The number of nitrogens with zero attached hydrogens (tertiary/aromatic N) is 2. The normalized spacial score (nSPS) is 12.0. The van der Waals surface area contributed by atoms with Gasteiger partial charge in [0.2, 0.25) is 5.88 Å². The molecule has 2 aromatic rings. The number of aromatic nitrogens is 2. The predicted octanol–water partition coefficient (Wildman–Crippen LogP) is 1.86. The first-order chi connectivity index (χ1) is 10.1. The average Bonchev–Trinajstić information content (AvgIpc) is 2.78. The van der Waals surface area contributed by atoms with Crippen LogP contribution in [0.2, 0.25) is 0 Å². The van der Waals surface area contributed by atoms with Crippen molar-refractivity contribution in [2.75, 3.05) is 26.1 Å². The number of para-hydroxylation sites is 2. The Labute approximate surface area is 124 Å². The maximum Gasteiger partial charge on any atom is 0.216 e. The molecule has 0 aliphatic heterocycles. The summed E-state index contributed by atoms with van der Waals surface area (Å²) in [5, 5.41) is 7.81. The van der Waals surface area contributed by atoms with Crippen LogP contribution < -0.4 is 20.5 Å². The highest BCUT2D eigenvalue weighted by atomic mass is 16.5. The van der Waals surface area contributed by atoms with Gasteiger partial charge in [0.05, 0.1) is 37.2 Å². The van der Waals surface area contributed by atoms with E-state index in [0.717, 1.165) is 22.7 Å². The monoisotopic (exact) mass is 290 g/mol. The lowest BCUT2D eigenvalue weighted by molar-refractivity contribution is 0.367. The molecule has 0 fully saturated rings. The molecular weight excluding hydrogens is 268 g/mol. The number of hydrogen-bond donors (Lipinski definition) is 2. The van der Waals surface area contributed by atoms with Crippen LogP contribution in [-0.2, 0) is 7.05 Å². The number of rotatable bonds is 6. The van der Waals surface area contributed by atoms with Gasteiger partial charge in [0, 0.05) is 13.6 Å². The molecule has 21 heavy (non-hydrogen) atoms. The molecule has 0 bridgehead atoms. The Hall–Kier alpha value is -2.21. The molecule has 1 aromatic carbocycles. The van der Waals surface area contributed by atoms with Gasteiger partial charge in [0.1, 0.15) is 5.75 Å². The van der Waals surface area contributed by atoms with E-state index in [1.807, 2.05) is 38.2 Å². The number of anilines is 1. The third kappa shape index (κ3) is 2.95. The van der Waals surface area contributed by atoms with Crippen LogP contribution in [0.15, 0.2) is 24.3 Å². The van der Waals surface area contributed by atoms with Gasteiger partial charge in [-0.15, -0.1) is 0 Å². The molecule has 1 unspecified atom stereocenters. The molecule has 114 valence electrons. The Morgan fingerprint density at radius 2 is 2.00 bits per heavy atom. The maximum absolute atomic E-state index is 5.95. The summed E-state index contributed by atoms with van der Waals surface area (Å²) in [6.45, 7) is 2.37. The number of aryl methyl sites for hydroxylation is 2. The molecule has 1 aromatic heterocycles. The molecule has 6 nitrogen and oxygen atoms in total. The number of benzene rings is 1. The first kappa shape index (κ1) is 15.2. The zero-order valence-corrected chi connectivity index (χ0v) is 12.9. The van der Waals surface area contributed by atoms with Crippen molar-refractivity contribution in [2.24, 2.45) is 12.8 Å². The molecule has 2 rings (SSSR count). The predicted molar refractivity (Wildman–Crippen MR) is 82.9 cm³/mol. The van der Waals surface area contributed by atoms with Crippen LogP contribution in [0.1, 0.15) is 17.3 Å². The van der Waals surface area contributed by atoms with Crippen LogP contribution in [-0.4, -0.2) is 30.5 Å². The third-order valence-electron chi connectivity index (χ3n) is 3.43. The Bertz CT molecular complexity index is 610. The minimum atomic E-state index is -0.107. The number of ether oxygens (including phenoxy) is 2. The molecule has 1 heterocycles. The van der Waals surface area contributed by atoms with Gasteiger partial charge in [0.15, 0.2) is 0 Å². The van der Waals surface area contributed by atoms with E-state index in [4.69, 9.17) is 15.2 Å². The highest BCUT2D eigenvalue weighted by Gasteiger charge is 2.23. The smallest absolute Gasteiger partial charge is 0.216 e. The summed E-state index contributed by atoms with van der Waals surface area (Å²) in [7, 11) is 5.14. The van der Waals surface area contributed by atoms with Crippen molar-refractivity contribution in [3.63, 3.8) is 0 Å². The largest absolute Gasteiger partial charge is 0.495 e. The first-order valence-electron chi connectivity index (χ1n) is 6.79. The van der Waals surface area contributed by atoms with E-state index in [2.05, 4.69) is 10.4 Å². The SMILES string of the molecule is COc1ccccc1NC(CN)c1c(C)nn(C)c1OC. The van der Waals surface area contributed by atoms with E-state index in [-0.39, 0.29) is 6.04 Å². The summed E-state index contributed by atoms with van der Waals surface area (Å²) in [4.78, 5) is 0. The Morgan fingerprint density at radius 1 is 1.29 bits per heavy atom. The van der Waals surface area contributed by atoms with E-state index in [1.165, 1.54) is 0 Å². The summed E-state index contributed by atoms with van der Waals surface area (Å²) in [6, 6.07) is 7.64. The highest BCUT2D eigenvalue weighted by molar-refractivity contribution is 5.58. The molecule has 1 atom stereocenters. The number of methoxy groups -OCH3 is 2. The van der Waals surface area contributed by atoms with E-state index in [0.29, 0.717) is 12.4 Å². The van der Waals surface area contributed by atoms with Gasteiger partial charge >= 0.3 is 0 Å². The van der Waals surface area contributed by atoms with E-state index in [1.54, 1.807) is 18.9 Å². The Kier molecular flexibility index (Phi) is 4.70. The van der Waals surface area contributed by atoms with E-state index in [9.17, 15) is 0 Å². The molecule has 0 saturated heterocycles. The molecule has 3 N–H and O–H groups in total. The quantitative estimate of drug-likeness (QED) is 0.849. The lowest BCUT2D eigenvalue weighted by atomic mass is 10.1. The molecule has 6 heteroatoms. The Balaban J connectivity index is 2.37. The van der Waals surface area contributed by atoms with E-state index >= 15 is 0 Å². The number of hydrogen-bond acceptors (Lipinski definition) is 5. The summed E-state index contributed by atoms with van der Waals surface area (Å²) >= 11 is 0. The second-order valence-corrected chi connectivity index (χ2v) is 4.76. The summed E-state index contributed by atoms with van der Waals surface area (Å²) in [5.74, 6) is 1.49. The minimum Gasteiger partial charge on any atom is -0.495 e. The molecule has 0 radical (unpaired) electrons. The van der Waals surface area contributed by atoms with Crippen LogP contribution in [0.3, 0.4) is 0 Å². The third-order valence-corrected chi connectivity index (χ3v) is 3.43. The fourth-order valence-corrected chi connectivity index (χ4v) is 2.50. The van der Waals surface area contributed by atoms with Gasteiger partial charge in [-0.1, -0.05) is 12.1 Å². The molecule has 0 aliphatic carbocycles. The standard InChI is InChI=1S/C15H22N4O2/c1-10-14(15(21-4)19(2)18-10)12(9-16)17-11-7-5-6-8-13(11)20-3/h5-8,12,17H,9,16H2,1-4H3. The van der Waals surface area contributed by atoms with Crippen molar-refractivity contribution in [3.8, 4) is 11.6 Å². The van der Waals surface area contributed by atoms with Crippen molar-refractivity contribution in [2.45, 2.75) is 13.0 Å². The van der Waals surface area contributed by atoms with Crippen molar-refractivity contribution in [1.29, 1.82) is 0 Å². The number of nitrogens with one attached hydrogen (secondary N) is 1. The van der Waals surface area contributed by atoms with Gasteiger partial charge in [0.25, 0.3) is 0 Å².